The first kappa shape index (κ1) is 16.4. The van der Waals surface area contributed by atoms with E-state index in [4.69, 9.17) is 0 Å². The highest BCUT2D eigenvalue weighted by Gasteiger charge is 2.12. The third kappa shape index (κ3) is 3.41. The summed E-state index contributed by atoms with van der Waals surface area (Å²) < 4.78 is 0. The molecule has 2 rings (SSSR count). The van der Waals surface area contributed by atoms with Gasteiger partial charge in [-0.2, -0.15) is 0 Å². The fraction of sp³-hybridized carbons (Fsp3) is 0.333. The van der Waals surface area contributed by atoms with Crippen LogP contribution < -0.4 is 0 Å². The first-order valence-electron chi connectivity index (χ1n) is 8.04. The van der Waals surface area contributed by atoms with E-state index < -0.39 is 0 Å². The zero-order chi connectivity index (χ0) is 16.3. The molecule has 22 heavy (non-hydrogen) atoms. The summed E-state index contributed by atoms with van der Waals surface area (Å²) in [5, 5.41) is 9.98. The number of hydrogen-bond acceptors (Lipinski definition) is 1. The van der Waals surface area contributed by atoms with Gasteiger partial charge >= 0.3 is 0 Å². The minimum absolute atomic E-state index is 0.327. The van der Waals surface area contributed by atoms with Gasteiger partial charge < -0.3 is 5.11 Å². The second kappa shape index (κ2) is 6.83. The molecule has 0 saturated carbocycles. The lowest BCUT2D eigenvalue weighted by Gasteiger charge is -2.17. The van der Waals surface area contributed by atoms with E-state index in [0.29, 0.717) is 17.6 Å². The van der Waals surface area contributed by atoms with Gasteiger partial charge in [-0.1, -0.05) is 64.1 Å². The average molecular weight is 294 g/mol. The second-order valence-corrected chi connectivity index (χ2v) is 6.43. The van der Waals surface area contributed by atoms with Crippen LogP contribution in [0.2, 0.25) is 0 Å². The van der Waals surface area contributed by atoms with Crippen LogP contribution in [0, 0.1) is 0 Å². The van der Waals surface area contributed by atoms with Crippen molar-refractivity contribution in [2.24, 2.45) is 0 Å². The standard InChI is InChI=1S/C21H26O/c1-6-7-18-12-17(9-11-21(18)22)20-13-16(14(2)3)8-10-19(20)15(4)5/h6-15,22H,1-5H3. The number of phenols is 1. The summed E-state index contributed by atoms with van der Waals surface area (Å²) in [5.41, 5.74) is 6.00. The molecule has 0 amide bonds. The lowest BCUT2D eigenvalue weighted by Crippen LogP contribution is -1.96. The Balaban J connectivity index is 2.64. The molecule has 2 aromatic carbocycles. The van der Waals surface area contributed by atoms with E-state index in [9.17, 15) is 5.11 Å². The number of benzene rings is 2. The third-order valence-corrected chi connectivity index (χ3v) is 4.05. The quantitative estimate of drug-likeness (QED) is 0.697. The Bertz CT molecular complexity index is 678. The van der Waals surface area contributed by atoms with Crippen molar-refractivity contribution in [1.29, 1.82) is 0 Å². The Kier molecular flexibility index (Phi) is 5.07. The molecule has 1 N–H and O–H groups in total. The van der Waals surface area contributed by atoms with Gasteiger partial charge in [0.1, 0.15) is 5.75 Å². The first-order valence-corrected chi connectivity index (χ1v) is 8.04. The van der Waals surface area contributed by atoms with Crippen molar-refractivity contribution in [2.45, 2.75) is 46.5 Å². The van der Waals surface area contributed by atoms with E-state index in [1.807, 2.05) is 25.1 Å². The van der Waals surface area contributed by atoms with Crippen molar-refractivity contribution < 1.29 is 5.11 Å². The maximum Gasteiger partial charge on any atom is 0.122 e. The van der Waals surface area contributed by atoms with Gasteiger partial charge in [-0.05, 0) is 53.1 Å². The Morgan fingerprint density at radius 3 is 2.23 bits per heavy atom. The van der Waals surface area contributed by atoms with E-state index in [1.54, 1.807) is 6.07 Å². The summed E-state index contributed by atoms with van der Waals surface area (Å²) in [5.74, 6) is 1.30. The summed E-state index contributed by atoms with van der Waals surface area (Å²) in [4.78, 5) is 0. The Morgan fingerprint density at radius 2 is 1.64 bits per heavy atom. The number of rotatable bonds is 4. The van der Waals surface area contributed by atoms with Crippen LogP contribution >= 0.6 is 0 Å². The van der Waals surface area contributed by atoms with E-state index in [-0.39, 0.29) is 0 Å². The summed E-state index contributed by atoms with van der Waals surface area (Å²) in [7, 11) is 0. The van der Waals surface area contributed by atoms with Crippen LogP contribution in [0.25, 0.3) is 17.2 Å². The summed E-state index contributed by atoms with van der Waals surface area (Å²) in [6.07, 6.45) is 3.90. The molecule has 0 radical (unpaired) electrons. The van der Waals surface area contributed by atoms with Gasteiger partial charge in [0.05, 0.1) is 0 Å². The predicted octanol–water partition coefficient (Wildman–Crippen LogP) is 6.34. The van der Waals surface area contributed by atoms with Gasteiger partial charge in [-0.15, -0.1) is 0 Å². The Labute approximate surface area is 134 Å². The van der Waals surface area contributed by atoms with Crippen LogP contribution in [-0.2, 0) is 0 Å². The minimum atomic E-state index is 0.327. The van der Waals surface area contributed by atoms with Crippen molar-refractivity contribution >= 4 is 6.08 Å². The fourth-order valence-electron chi connectivity index (χ4n) is 2.72. The SMILES string of the molecule is CC=Cc1cc(-c2cc(C(C)C)ccc2C(C)C)ccc1O. The highest BCUT2D eigenvalue weighted by molar-refractivity contribution is 5.73. The number of aromatic hydroxyl groups is 1. The lowest BCUT2D eigenvalue weighted by molar-refractivity contribution is 0.474. The van der Waals surface area contributed by atoms with E-state index >= 15 is 0 Å². The monoisotopic (exact) mass is 294 g/mol. The molecule has 0 unspecified atom stereocenters. The van der Waals surface area contributed by atoms with Crippen molar-refractivity contribution in [3.8, 4) is 16.9 Å². The van der Waals surface area contributed by atoms with Crippen molar-refractivity contribution in [3.63, 3.8) is 0 Å². The molecule has 0 aliphatic heterocycles. The van der Waals surface area contributed by atoms with E-state index in [1.165, 1.54) is 16.7 Å². The van der Waals surface area contributed by atoms with Crippen LogP contribution in [-0.4, -0.2) is 5.11 Å². The van der Waals surface area contributed by atoms with Crippen molar-refractivity contribution in [3.05, 3.63) is 59.2 Å². The Hall–Kier alpha value is -2.02. The average Bonchev–Trinajstić information content (AvgIpc) is 2.49. The van der Waals surface area contributed by atoms with Gasteiger partial charge in [-0.25, -0.2) is 0 Å². The van der Waals surface area contributed by atoms with Gasteiger partial charge in [0.25, 0.3) is 0 Å². The lowest BCUT2D eigenvalue weighted by atomic mass is 9.88. The number of hydrogen-bond donors (Lipinski definition) is 1. The second-order valence-electron chi connectivity index (χ2n) is 6.43. The minimum Gasteiger partial charge on any atom is -0.507 e. The third-order valence-electron chi connectivity index (χ3n) is 4.05. The highest BCUT2D eigenvalue weighted by Crippen LogP contribution is 2.34. The molecular formula is C21H26O. The summed E-state index contributed by atoms with van der Waals surface area (Å²) >= 11 is 0. The summed E-state index contributed by atoms with van der Waals surface area (Å²) in [6.45, 7) is 10.8. The van der Waals surface area contributed by atoms with Crippen LogP contribution in [0.15, 0.2) is 42.5 Å². The largest absolute Gasteiger partial charge is 0.507 e. The van der Waals surface area contributed by atoms with Gasteiger partial charge in [0.2, 0.25) is 0 Å². The normalized spacial score (nSPS) is 11.8. The topological polar surface area (TPSA) is 20.2 Å². The fourth-order valence-corrected chi connectivity index (χ4v) is 2.72. The zero-order valence-electron chi connectivity index (χ0n) is 14.2. The molecule has 0 fully saturated rings. The smallest absolute Gasteiger partial charge is 0.122 e. The Morgan fingerprint density at radius 1 is 0.909 bits per heavy atom. The van der Waals surface area contributed by atoms with Crippen LogP contribution in [0.4, 0.5) is 0 Å². The summed E-state index contributed by atoms with van der Waals surface area (Å²) in [6, 6.07) is 12.6. The molecule has 0 spiro atoms. The molecule has 0 aliphatic carbocycles. The van der Waals surface area contributed by atoms with E-state index in [2.05, 4.69) is 52.0 Å². The molecule has 0 aliphatic rings. The van der Waals surface area contributed by atoms with Crippen molar-refractivity contribution in [2.75, 3.05) is 0 Å². The zero-order valence-corrected chi connectivity index (χ0v) is 14.2. The van der Waals surface area contributed by atoms with E-state index in [0.717, 1.165) is 11.1 Å². The molecule has 2 aromatic rings. The molecule has 0 saturated heterocycles. The predicted molar refractivity (Wildman–Crippen MR) is 96.4 cm³/mol. The first-order chi connectivity index (χ1) is 10.4. The molecule has 1 heteroatoms. The molecule has 1 nitrogen and oxygen atoms in total. The molecule has 0 bridgehead atoms. The van der Waals surface area contributed by atoms with Crippen molar-refractivity contribution in [1.82, 2.24) is 0 Å². The van der Waals surface area contributed by atoms with Crippen LogP contribution in [0.3, 0.4) is 0 Å². The molecular weight excluding hydrogens is 268 g/mol. The number of allylic oxidation sites excluding steroid dienone is 1. The maximum absolute atomic E-state index is 9.98. The molecule has 0 atom stereocenters. The van der Waals surface area contributed by atoms with Gasteiger partial charge in [0, 0.05) is 5.56 Å². The van der Waals surface area contributed by atoms with Crippen LogP contribution in [0.5, 0.6) is 5.75 Å². The molecule has 116 valence electrons. The molecule has 0 heterocycles. The molecule has 0 aromatic heterocycles. The maximum atomic E-state index is 9.98. The van der Waals surface area contributed by atoms with Gasteiger partial charge in [0.15, 0.2) is 0 Å². The number of phenolic OH excluding ortho intramolecular Hbond substituents is 1. The van der Waals surface area contributed by atoms with Gasteiger partial charge in [-0.3, -0.25) is 0 Å². The van der Waals surface area contributed by atoms with Crippen LogP contribution in [0.1, 0.15) is 63.1 Å². The highest BCUT2D eigenvalue weighted by atomic mass is 16.3.